The average Bonchev–Trinajstić information content (AvgIpc) is 3.20. The Morgan fingerprint density at radius 1 is 1.41 bits per heavy atom. The molecule has 0 saturated carbocycles. The summed E-state index contributed by atoms with van der Waals surface area (Å²) in [6.07, 6.45) is -1.16. The van der Waals surface area contributed by atoms with Gasteiger partial charge in [-0.15, -0.1) is 0 Å². The molecule has 3 heterocycles. The molecule has 120 valence electrons. The van der Waals surface area contributed by atoms with Gasteiger partial charge in [0.25, 0.3) is 0 Å². The van der Waals surface area contributed by atoms with Crippen molar-refractivity contribution in [2.24, 2.45) is 0 Å². The van der Waals surface area contributed by atoms with Crippen LogP contribution in [-0.4, -0.2) is 28.6 Å². The van der Waals surface area contributed by atoms with Crippen LogP contribution in [-0.2, 0) is 17.5 Å². The van der Waals surface area contributed by atoms with Crippen LogP contribution in [0, 0.1) is 0 Å². The van der Waals surface area contributed by atoms with E-state index in [-0.39, 0.29) is 11.2 Å². The summed E-state index contributed by atoms with van der Waals surface area (Å²) in [6.45, 7) is 1.48. The predicted molar refractivity (Wildman–Crippen MR) is 73.6 cm³/mol. The highest BCUT2D eigenvalue weighted by atomic mass is 32.1. The van der Waals surface area contributed by atoms with E-state index >= 15 is 0 Å². The van der Waals surface area contributed by atoms with Gasteiger partial charge in [-0.1, -0.05) is 0 Å². The molecule has 0 aliphatic carbocycles. The lowest BCUT2D eigenvalue weighted by molar-refractivity contribution is -0.144. The number of nitrogens with zero attached hydrogens (tertiary/aromatic N) is 3. The van der Waals surface area contributed by atoms with Gasteiger partial charge in [-0.2, -0.15) is 22.5 Å². The van der Waals surface area contributed by atoms with Gasteiger partial charge in [0, 0.05) is 24.7 Å². The van der Waals surface area contributed by atoms with Crippen molar-refractivity contribution < 1.29 is 22.3 Å². The van der Waals surface area contributed by atoms with Gasteiger partial charge < -0.3 is 14.1 Å². The zero-order chi connectivity index (χ0) is 15.6. The zero-order valence-electron chi connectivity index (χ0n) is 11.5. The number of halogens is 3. The summed E-state index contributed by atoms with van der Waals surface area (Å²) in [5, 5.41) is 0.222. The van der Waals surface area contributed by atoms with E-state index in [0.29, 0.717) is 25.5 Å². The molecule has 22 heavy (non-hydrogen) atoms. The molecule has 1 saturated heterocycles. The summed E-state index contributed by atoms with van der Waals surface area (Å²) < 4.78 is 52.2. The fourth-order valence-electron chi connectivity index (χ4n) is 2.29. The van der Waals surface area contributed by atoms with Gasteiger partial charge in [0.15, 0.2) is 0 Å². The minimum Gasteiger partial charge on any atom is -0.467 e. The maximum Gasteiger partial charge on any atom is 0.452 e. The Labute approximate surface area is 128 Å². The molecule has 0 amide bonds. The summed E-state index contributed by atoms with van der Waals surface area (Å²) in [6, 6.07) is 3.51. The number of ether oxygens (including phenoxy) is 1. The van der Waals surface area contributed by atoms with Crippen molar-refractivity contribution in [2.75, 3.05) is 18.1 Å². The lowest BCUT2D eigenvalue weighted by Crippen LogP contribution is -2.31. The molecule has 0 unspecified atom stereocenters. The molecule has 2 aromatic heterocycles. The summed E-state index contributed by atoms with van der Waals surface area (Å²) in [7, 11) is 0. The van der Waals surface area contributed by atoms with Crippen molar-refractivity contribution >= 4 is 16.7 Å². The Hall–Kier alpha value is -1.61. The summed E-state index contributed by atoms with van der Waals surface area (Å²) in [5.41, 5.74) is 0. The number of anilines is 1. The van der Waals surface area contributed by atoms with Crippen LogP contribution >= 0.6 is 11.5 Å². The molecule has 9 heteroatoms. The number of aromatic nitrogens is 2. The molecular weight excluding hydrogens is 319 g/mol. The Kier molecular flexibility index (Phi) is 4.34. The minimum atomic E-state index is -4.53. The normalized spacial score (nSPS) is 18.8. The second kappa shape index (κ2) is 6.25. The molecule has 1 aliphatic heterocycles. The highest BCUT2D eigenvalue weighted by Crippen LogP contribution is 2.31. The van der Waals surface area contributed by atoms with Crippen molar-refractivity contribution in [3.63, 3.8) is 0 Å². The van der Waals surface area contributed by atoms with Crippen LogP contribution in [0.4, 0.5) is 18.3 Å². The van der Waals surface area contributed by atoms with E-state index in [1.54, 1.807) is 17.0 Å². The Bertz CT molecular complexity index is 594. The number of furan rings is 1. The second-order valence-corrected chi connectivity index (χ2v) is 5.72. The monoisotopic (exact) mass is 333 g/mol. The fraction of sp³-hybridized carbons (Fsp3) is 0.538. The first-order valence-electron chi connectivity index (χ1n) is 6.82. The third-order valence-corrected chi connectivity index (χ3v) is 4.09. The topological polar surface area (TPSA) is 51.4 Å². The summed E-state index contributed by atoms with van der Waals surface area (Å²) >= 11 is 0.737. The number of hydrogen-bond donors (Lipinski definition) is 0. The molecule has 1 aliphatic rings. The molecule has 1 fully saturated rings. The van der Waals surface area contributed by atoms with E-state index in [1.165, 1.54) is 6.26 Å². The molecule has 3 rings (SSSR count). The first-order valence-corrected chi connectivity index (χ1v) is 7.59. The zero-order valence-corrected chi connectivity index (χ0v) is 12.4. The van der Waals surface area contributed by atoms with Crippen molar-refractivity contribution in [3.8, 4) is 0 Å². The lowest BCUT2D eigenvalue weighted by Gasteiger charge is -2.23. The van der Waals surface area contributed by atoms with Gasteiger partial charge in [0.1, 0.15) is 5.76 Å². The summed E-state index contributed by atoms with van der Waals surface area (Å²) in [4.78, 5) is 5.34. The standard InChI is InChI=1S/C13H14F3N3O2S/c14-13(15,16)11-17-12(22-18-11)19(7-9-3-1-5-20-9)8-10-4-2-6-21-10/h1,3,5,10H,2,4,6-8H2/t10-/m1/s1. The number of hydrogen-bond acceptors (Lipinski definition) is 6. The van der Waals surface area contributed by atoms with Crippen LogP contribution in [0.25, 0.3) is 0 Å². The molecule has 0 radical (unpaired) electrons. The van der Waals surface area contributed by atoms with Gasteiger partial charge in [-0.05, 0) is 25.0 Å². The quantitative estimate of drug-likeness (QED) is 0.840. The van der Waals surface area contributed by atoms with E-state index in [0.717, 1.165) is 24.4 Å². The van der Waals surface area contributed by atoms with Gasteiger partial charge in [-0.25, -0.2) is 0 Å². The third kappa shape index (κ3) is 3.58. The molecule has 2 aromatic rings. The van der Waals surface area contributed by atoms with Gasteiger partial charge in [0.05, 0.1) is 18.9 Å². The Morgan fingerprint density at radius 2 is 2.27 bits per heavy atom. The van der Waals surface area contributed by atoms with Crippen LogP contribution in [0.15, 0.2) is 22.8 Å². The molecule has 0 aromatic carbocycles. The van der Waals surface area contributed by atoms with Crippen LogP contribution < -0.4 is 4.90 Å². The van der Waals surface area contributed by atoms with E-state index in [4.69, 9.17) is 9.15 Å². The highest BCUT2D eigenvalue weighted by molar-refractivity contribution is 7.09. The predicted octanol–water partition coefficient (Wildman–Crippen LogP) is 3.34. The second-order valence-electron chi connectivity index (χ2n) is 4.99. The average molecular weight is 333 g/mol. The molecule has 5 nitrogen and oxygen atoms in total. The van der Waals surface area contributed by atoms with Crippen molar-refractivity contribution in [2.45, 2.75) is 31.7 Å². The fourth-order valence-corrected chi connectivity index (χ4v) is 2.99. The van der Waals surface area contributed by atoms with Crippen LogP contribution in [0.5, 0.6) is 0 Å². The van der Waals surface area contributed by atoms with Crippen LogP contribution in [0.1, 0.15) is 24.4 Å². The third-order valence-electron chi connectivity index (χ3n) is 3.31. The number of alkyl halides is 3. The van der Waals surface area contributed by atoms with Crippen molar-refractivity contribution in [1.29, 1.82) is 0 Å². The molecular formula is C13H14F3N3O2S. The minimum absolute atomic E-state index is 0.00630. The number of rotatable bonds is 5. The first kappa shape index (κ1) is 15.3. The van der Waals surface area contributed by atoms with E-state index < -0.39 is 12.0 Å². The molecule has 0 spiro atoms. The summed E-state index contributed by atoms with van der Waals surface area (Å²) in [5.74, 6) is -0.453. The maximum atomic E-state index is 12.7. The highest BCUT2D eigenvalue weighted by Gasteiger charge is 2.37. The van der Waals surface area contributed by atoms with E-state index in [9.17, 15) is 13.2 Å². The largest absolute Gasteiger partial charge is 0.467 e. The van der Waals surface area contributed by atoms with Crippen molar-refractivity contribution in [1.82, 2.24) is 9.36 Å². The van der Waals surface area contributed by atoms with Crippen molar-refractivity contribution in [3.05, 3.63) is 30.0 Å². The Morgan fingerprint density at radius 3 is 2.86 bits per heavy atom. The van der Waals surface area contributed by atoms with Gasteiger partial charge in [-0.3, -0.25) is 0 Å². The van der Waals surface area contributed by atoms with E-state index in [1.807, 2.05) is 0 Å². The maximum absolute atomic E-state index is 12.7. The molecule has 0 N–H and O–H groups in total. The molecule has 0 bridgehead atoms. The van der Waals surface area contributed by atoms with Gasteiger partial charge in [0.2, 0.25) is 11.0 Å². The SMILES string of the molecule is FC(F)(F)c1nsc(N(Cc2ccco2)C[C@H]2CCCO2)n1. The van der Waals surface area contributed by atoms with E-state index in [2.05, 4.69) is 9.36 Å². The van der Waals surface area contributed by atoms with Gasteiger partial charge >= 0.3 is 6.18 Å². The smallest absolute Gasteiger partial charge is 0.452 e. The van der Waals surface area contributed by atoms with Crippen LogP contribution in [0.2, 0.25) is 0 Å². The Balaban J connectivity index is 1.78. The lowest BCUT2D eigenvalue weighted by atomic mass is 10.2. The molecule has 1 atom stereocenters. The first-order chi connectivity index (χ1) is 10.5. The van der Waals surface area contributed by atoms with Crippen LogP contribution in [0.3, 0.4) is 0 Å².